The molecule has 1 aromatic carbocycles. The fraction of sp³-hybridized carbons (Fsp3) is 0.538. The Morgan fingerprint density at radius 1 is 1.38 bits per heavy atom. The Hall–Kier alpha value is -1.09. The molecule has 2 nitrogen and oxygen atoms in total. The molecule has 0 fully saturated rings. The van der Waals surface area contributed by atoms with Gasteiger partial charge in [-0.05, 0) is 38.8 Å². The van der Waals surface area contributed by atoms with Crippen molar-refractivity contribution >= 4 is 5.69 Å². The van der Waals surface area contributed by atoms with Gasteiger partial charge in [0.15, 0.2) is 0 Å². The van der Waals surface area contributed by atoms with Gasteiger partial charge in [0.25, 0.3) is 0 Å². The highest BCUT2D eigenvalue weighted by Gasteiger charge is 2.35. The minimum atomic E-state index is -0.130. The van der Waals surface area contributed by atoms with Crippen molar-refractivity contribution in [2.75, 3.05) is 4.90 Å². The summed E-state index contributed by atoms with van der Waals surface area (Å²) in [5.41, 5.74) is 7.82. The number of hydrogen-bond donors (Lipinski definition) is 1. The zero-order valence-electron chi connectivity index (χ0n) is 10.1. The summed E-state index contributed by atoms with van der Waals surface area (Å²) in [6.45, 7) is 6.15. The van der Waals surface area contributed by atoms with Crippen LogP contribution in [0.15, 0.2) is 18.2 Å². The highest BCUT2D eigenvalue weighted by Crippen LogP contribution is 2.36. The van der Waals surface area contributed by atoms with Crippen molar-refractivity contribution < 1.29 is 4.39 Å². The molecule has 0 spiro atoms. The second-order valence-corrected chi connectivity index (χ2v) is 4.88. The summed E-state index contributed by atoms with van der Waals surface area (Å²) >= 11 is 0. The summed E-state index contributed by atoms with van der Waals surface area (Å²) in [6.07, 6.45) is 0.850. The van der Waals surface area contributed by atoms with E-state index in [0.29, 0.717) is 0 Å². The predicted octanol–water partition coefficient (Wildman–Crippen LogP) is 2.31. The van der Waals surface area contributed by atoms with Crippen LogP contribution in [0.4, 0.5) is 10.1 Å². The van der Waals surface area contributed by atoms with Gasteiger partial charge in [-0.3, -0.25) is 0 Å². The first-order chi connectivity index (χ1) is 7.52. The zero-order chi connectivity index (χ0) is 11.9. The van der Waals surface area contributed by atoms with Crippen LogP contribution in [0.3, 0.4) is 0 Å². The van der Waals surface area contributed by atoms with Crippen LogP contribution in [-0.4, -0.2) is 18.1 Å². The van der Waals surface area contributed by atoms with Gasteiger partial charge in [-0.25, -0.2) is 4.39 Å². The van der Waals surface area contributed by atoms with E-state index in [1.807, 2.05) is 13.0 Å². The van der Waals surface area contributed by atoms with Gasteiger partial charge in [-0.2, -0.15) is 0 Å². The van der Waals surface area contributed by atoms with Crippen LogP contribution in [0.1, 0.15) is 26.3 Å². The van der Waals surface area contributed by atoms with E-state index in [2.05, 4.69) is 18.7 Å². The van der Waals surface area contributed by atoms with Crippen molar-refractivity contribution in [2.24, 2.45) is 5.73 Å². The third-order valence-electron chi connectivity index (χ3n) is 3.28. The molecule has 0 amide bonds. The highest BCUT2D eigenvalue weighted by molar-refractivity contribution is 5.61. The Morgan fingerprint density at radius 3 is 2.62 bits per heavy atom. The average Bonchev–Trinajstić information content (AvgIpc) is 2.58. The monoisotopic (exact) mass is 222 g/mol. The first-order valence-electron chi connectivity index (χ1n) is 5.83. The molecule has 0 radical (unpaired) electrons. The van der Waals surface area contributed by atoms with E-state index in [1.54, 1.807) is 6.07 Å². The van der Waals surface area contributed by atoms with E-state index in [0.717, 1.165) is 17.7 Å². The van der Waals surface area contributed by atoms with Crippen LogP contribution >= 0.6 is 0 Å². The summed E-state index contributed by atoms with van der Waals surface area (Å²) in [4.78, 5) is 2.12. The molecule has 88 valence electrons. The second kappa shape index (κ2) is 4.06. The van der Waals surface area contributed by atoms with E-state index < -0.39 is 0 Å². The minimum absolute atomic E-state index is 0.0502. The number of rotatable bonds is 2. The molecule has 1 aliphatic heterocycles. The van der Waals surface area contributed by atoms with E-state index in [9.17, 15) is 4.39 Å². The number of halogens is 1. The van der Waals surface area contributed by atoms with Gasteiger partial charge in [0.1, 0.15) is 5.82 Å². The lowest BCUT2D eigenvalue weighted by molar-refractivity contribution is 0.493. The van der Waals surface area contributed by atoms with Gasteiger partial charge >= 0.3 is 0 Å². The summed E-state index contributed by atoms with van der Waals surface area (Å²) in [7, 11) is 0. The number of nitrogens with zero attached hydrogens (tertiary/aromatic N) is 1. The summed E-state index contributed by atoms with van der Waals surface area (Å²) < 4.78 is 13.9. The maximum atomic E-state index is 13.9. The molecule has 0 saturated carbocycles. The topological polar surface area (TPSA) is 29.3 Å². The van der Waals surface area contributed by atoms with Crippen LogP contribution in [-0.2, 0) is 6.42 Å². The fourth-order valence-electron chi connectivity index (χ4n) is 2.58. The molecule has 2 atom stereocenters. The van der Waals surface area contributed by atoms with Gasteiger partial charge in [0.05, 0.1) is 5.69 Å². The maximum absolute atomic E-state index is 13.9. The van der Waals surface area contributed by atoms with Gasteiger partial charge in [-0.1, -0.05) is 12.1 Å². The fourth-order valence-corrected chi connectivity index (χ4v) is 2.58. The lowest BCUT2D eigenvalue weighted by Crippen LogP contribution is -2.47. The first-order valence-corrected chi connectivity index (χ1v) is 5.83. The van der Waals surface area contributed by atoms with Crippen molar-refractivity contribution in [3.05, 3.63) is 29.6 Å². The average molecular weight is 222 g/mol. The van der Waals surface area contributed by atoms with Gasteiger partial charge in [-0.15, -0.1) is 0 Å². The van der Waals surface area contributed by atoms with Crippen molar-refractivity contribution in [3.8, 4) is 0 Å². The molecule has 0 saturated heterocycles. The van der Waals surface area contributed by atoms with Gasteiger partial charge in [0.2, 0.25) is 0 Å². The van der Waals surface area contributed by atoms with E-state index >= 15 is 0 Å². The second-order valence-electron chi connectivity index (χ2n) is 4.88. The van der Waals surface area contributed by atoms with Crippen LogP contribution < -0.4 is 10.6 Å². The quantitative estimate of drug-likeness (QED) is 0.832. The minimum Gasteiger partial charge on any atom is -0.362 e. The molecule has 1 heterocycles. The molecule has 2 unspecified atom stereocenters. The number of nitrogens with two attached hydrogens (primary N) is 1. The molecular weight excluding hydrogens is 203 g/mol. The number of benzene rings is 1. The normalized spacial score (nSPS) is 21.4. The first kappa shape index (κ1) is 11.4. The van der Waals surface area contributed by atoms with Crippen LogP contribution in [0.5, 0.6) is 0 Å². The lowest BCUT2D eigenvalue weighted by atomic mass is 10.0. The van der Waals surface area contributed by atoms with Crippen molar-refractivity contribution in [2.45, 2.75) is 45.3 Å². The van der Waals surface area contributed by atoms with Crippen LogP contribution in [0.2, 0.25) is 0 Å². The molecule has 0 aliphatic carbocycles. The van der Waals surface area contributed by atoms with E-state index in [4.69, 9.17) is 5.73 Å². The number of para-hydroxylation sites is 1. The lowest BCUT2D eigenvalue weighted by Gasteiger charge is -2.33. The molecule has 0 aromatic heterocycles. The molecule has 16 heavy (non-hydrogen) atoms. The Labute approximate surface area is 96.2 Å². The third-order valence-corrected chi connectivity index (χ3v) is 3.28. The van der Waals surface area contributed by atoms with Gasteiger partial charge < -0.3 is 10.6 Å². The van der Waals surface area contributed by atoms with Gasteiger partial charge in [0, 0.05) is 18.1 Å². The maximum Gasteiger partial charge on any atom is 0.146 e. The zero-order valence-corrected chi connectivity index (χ0v) is 10.1. The van der Waals surface area contributed by atoms with E-state index in [1.165, 1.54) is 6.07 Å². The molecule has 2 rings (SSSR count). The van der Waals surface area contributed by atoms with Crippen molar-refractivity contribution in [1.29, 1.82) is 0 Å². The SMILES string of the molecule is CC(N)C1Cc2cccc(F)c2N1C(C)C. The summed E-state index contributed by atoms with van der Waals surface area (Å²) in [6, 6.07) is 5.83. The smallest absolute Gasteiger partial charge is 0.146 e. The Balaban J connectivity index is 2.46. The number of anilines is 1. The Morgan fingerprint density at radius 2 is 2.06 bits per heavy atom. The van der Waals surface area contributed by atoms with Crippen molar-refractivity contribution in [3.63, 3.8) is 0 Å². The van der Waals surface area contributed by atoms with Crippen LogP contribution in [0, 0.1) is 5.82 Å². The van der Waals surface area contributed by atoms with E-state index in [-0.39, 0.29) is 23.9 Å². The molecule has 0 bridgehead atoms. The standard InChI is InChI=1S/C13H19FN2/c1-8(2)16-12(9(3)15)7-10-5-4-6-11(14)13(10)16/h4-6,8-9,12H,7,15H2,1-3H3. The number of hydrogen-bond acceptors (Lipinski definition) is 2. The highest BCUT2D eigenvalue weighted by atomic mass is 19.1. The molecular formula is C13H19FN2. The Kier molecular flexibility index (Phi) is 2.89. The molecule has 2 N–H and O–H groups in total. The number of fused-ring (bicyclic) bond motifs is 1. The molecule has 1 aliphatic rings. The summed E-state index contributed by atoms with van der Waals surface area (Å²) in [5.74, 6) is -0.130. The Bertz CT molecular complexity index is 388. The molecule has 1 aromatic rings. The largest absolute Gasteiger partial charge is 0.362 e. The third kappa shape index (κ3) is 1.69. The van der Waals surface area contributed by atoms with Crippen molar-refractivity contribution in [1.82, 2.24) is 0 Å². The predicted molar refractivity (Wildman–Crippen MR) is 65.2 cm³/mol. The molecule has 3 heteroatoms. The summed E-state index contributed by atoms with van der Waals surface area (Å²) in [5, 5.41) is 0. The van der Waals surface area contributed by atoms with Crippen LogP contribution in [0.25, 0.3) is 0 Å².